The molecule has 0 atom stereocenters. The number of halogens is 1. The number of hydrogen-bond donors (Lipinski definition) is 2. The van der Waals surface area contributed by atoms with Gasteiger partial charge in [-0.15, -0.1) is 0 Å². The Hall–Kier alpha value is -2.50. The van der Waals surface area contributed by atoms with E-state index in [0.717, 1.165) is 10.5 Å². The third-order valence-corrected chi connectivity index (χ3v) is 3.98. The normalized spacial score (nSPS) is 10.8. The van der Waals surface area contributed by atoms with Gasteiger partial charge in [-0.2, -0.15) is 0 Å². The number of ether oxygens (including phenoxy) is 1. The number of rotatable bonds is 5. The molecule has 2 N–H and O–H groups in total. The Labute approximate surface area is 158 Å². The van der Waals surface area contributed by atoms with Gasteiger partial charge in [-0.1, -0.05) is 30.3 Å². The Morgan fingerprint density at radius 1 is 1.15 bits per heavy atom. The van der Waals surface area contributed by atoms with E-state index in [0.29, 0.717) is 34.4 Å². The van der Waals surface area contributed by atoms with Gasteiger partial charge in [0.2, 0.25) is 0 Å². The van der Waals surface area contributed by atoms with Gasteiger partial charge >= 0.3 is 5.97 Å². The smallest absolute Gasteiger partial charge is 0.342 e. The Morgan fingerprint density at radius 2 is 1.85 bits per heavy atom. The van der Waals surface area contributed by atoms with Crippen molar-refractivity contribution in [1.82, 2.24) is 0 Å². The number of nitrogens with one attached hydrogen (secondary N) is 1. The molecule has 138 valence electrons. The van der Waals surface area contributed by atoms with E-state index in [9.17, 15) is 9.90 Å². The highest BCUT2D eigenvalue weighted by molar-refractivity contribution is 6.10. The summed E-state index contributed by atoms with van der Waals surface area (Å²) in [5, 5.41) is 11.0. The maximum absolute atomic E-state index is 12.7. The molecule has 0 fully saturated rings. The van der Waals surface area contributed by atoms with Crippen molar-refractivity contribution in [2.75, 3.05) is 20.7 Å². The van der Waals surface area contributed by atoms with Gasteiger partial charge in [0.25, 0.3) is 0 Å². The molecule has 0 saturated carbocycles. The molecule has 3 aromatic rings. The summed E-state index contributed by atoms with van der Waals surface area (Å²) in [5.41, 5.74) is 2.42. The number of furan rings is 1. The molecular weight excluding hydrogens is 354 g/mol. The zero-order valence-corrected chi connectivity index (χ0v) is 15.8. The molecular formula is C20H22ClNO4. The fraction of sp³-hybridized carbons (Fsp3) is 0.250. The van der Waals surface area contributed by atoms with Crippen molar-refractivity contribution in [3.05, 3.63) is 53.6 Å². The summed E-state index contributed by atoms with van der Waals surface area (Å²) < 4.78 is 11.3. The second-order valence-electron chi connectivity index (χ2n) is 6.21. The molecule has 0 radical (unpaired) electrons. The number of aromatic hydroxyl groups is 1. The van der Waals surface area contributed by atoms with Crippen LogP contribution in [0, 0.1) is 0 Å². The molecule has 0 unspecified atom stereocenters. The van der Waals surface area contributed by atoms with Crippen molar-refractivity contribution in [2.45, 2.75) is 13.5 Å². The van der Waals surface area contributed by atoms with Gasteiger partial charge in [-0.25, -0.2) is 4.79 Å². The average Bonchev–Trinajstić information content (AvgIpc) is 2.98. The minimum atomic E-state index is -0.444. The lowest BCUT2D eigenvalue weighted by Gasteiger charge is -2.11. The van der Waals surface area contributed by atoms with Gasteiger partial charge in [0.1, 0.15) is 29.2 Å². The van der Waals surface area contributed by atoms with E-state index in [2.05, 4.69) is 0 Å². The number of phenolic OH excluding ortho intramolecular Hbond substituents is 1. The molecule has 3 rings (SSSR count). The van der Waals surface area contributed by atoms with Crippen LogP contribution in [-0.2, 0) is 11.3 Å². The van der Waals surface area contributed by atoms with Crippen molar-refractivity contribution in [2.24, 2.45) is 0 Å². The lowest BCUT2D eigenvalue weighted by Crippen LogP contribution is -3.04. The van der Waals surface area contributed by atoms with E-state index in [1.165, 1.54) is 0 Å². The standard InChI is InChI=1S/C20H21NO4.ClH/c1-4-24-20(23)18-17-14(12-21(2)3)15(22)10-11-16(17)25-19(18)13-8-6-5-7-9-13;/h5-11,22H,4,12H2,1-3H3;1H. The minimum Gasteiger partial charge on any atom is -1.00 e. The molecule has 1 aromatic heterocycles. The molecule has 26 heavy (non-hydrogen) atoms. The number of quaternary nitrogens is 1. The monoisotopic (exact) mass is 375 g/mol. The number of hydrogen-bond acceptors (Lipinski definition) is 4. The van der Waals surface area contributed by atoms with Crippen LogP contribution in [0.4, 0.5) is 0 Å². The Kier molecular flexibility index (Phi) is 6.29. The maximum Gasteiger partial charge on any atom is 0.342 e. The zero-order chi connectivity index (χ0) is 18.0. The van der Waals surface area contributed by atoms with Gasteiger partial charge in [0.15, 0.2) is 0 Å². The number of benzene rings is 2. The van der Waals surface area contributed by atoms with E-state index in [-0.39, 0.29) is 24.8 Å². The van der Waals surface area contributed by atoms with Crippen LogP contribution in [-0.4, -0.2) is 31.8 Å². The third-order valence-electron chi connectivity index (χ3n) is 3.98. The maximum atomic E-state index is 12.7. The molecule has 0 bridgehead atoms. The van der Waals surface area contributed by atoms with E-state index in [4.69, 9.17) is 9.15 Å². The SMILES string of the molecule is CCOC(=O)c1c(-c2ccccc2)oc2ccc(O)c(C[NH+](C)C)c12.[Cl-]. The van der Waals surface area contributed by atoms with Gasteiger partial charge in [-0.05, 0) is 19.1 Å². The van der Waals surface area contributed by atoms with E-state index in [1.54, 1.807) is 19.1 Å². The first-order valence-corrected chi connectivity index (χ1v) is 8.31. The van der Waals surface area contributed by atoms with Crippen LogP contribution in [0.2, 0.25) is 0 Å². The molecule has 0 aliphatic heterocycles. The summed E-state index contributed by atoms with van der Waals surface area (Å²) in [6.45, 7) is 2.60. The second-order valence-corrected chi connectivity index (χ2v) is 6.21. The van der Waals surface area contributed by atoms with Crippen molar-refractivity contribution in [1.29, 1.82) is 0 Å². The van der Waals surface area contributed by atoms with E-state index >= 15 is 0 Å². The molecule has 2 aromatic carbocycles. The second kappa shape index (κ2) is 8.25. The lowest BCUT2D eigenvalue weighted by molar-refractivity contribution is -0.872. The Morgan fingerprint density at radius 3 is 2.46 bits per heavy atom. The largest absolute Gasteiger partial charge is 1.00 e. The summed E-state index contributed by atoms with van der Waals surface area (Å²) in [7, 11) is 3.97. The summed E-state index contributed by atoms with van der Waals surface area (Å²) in [5.74, 6) is 0.176. The van der Waals surface area contributed by atoms with E-state index < -0.39 is 5.97 Å². The summed E-state index contributed by atoms with van der Waals surface area (Å²) in [4.78, 5) is 13.8. The van der Waals surface area contributed by atoms with Gasteiger partial charge in [-0.3, -0.25) is 0 Å². The van der Waals surface area contributed by atoms with Crippen LogP contribution in [0.1, 0.15) is 22.8 Å². The Balaban J connectivity index is 0.00000243. The summed E-state index contributed by atoms with van der Waals surface area (Å²) >= 11 is 0. The van der Waals surface area contributed by atoms with Gasteiger partial charge < -0.3 is 31.6 Å². The fourth-order valence-corrected chi connectivity index (χ4v) is 2.97. The molecule has 1 heterocycles. The van der Waals surface area contributed by atoms with Crippen LogP contribution < -0.4 is 17.3 Å². The number of esters is 1. The average molecular weight is 376 g/mol. The summed E-state index contributed by atoms with van der Waals surface area (Å²) in [6, 6.07) is 12.7. The van der Waals surface area contributed by atoms with Crippen LogP contribution in [0.3, 0.4) is 0 Å². The first kappa shape index (κ1) is 19.8. The van der Waals surface area contributed by atoms with Crippen molar-refractivity contribution in [3.8, 4) is 17.1 Å². The molecule has 0 aliphatic rings. The van der Waals surface area contributed by atoms with Gasteiger partial charge in [0.05, 0.1) is 26.3 Å². The van der Waals surface area contributed by atoms with Crippen LogP contribution in [0.15, 0.2) is 46.9 Å². The molecule has 0 saturated heterocycles. The molecule has 0 aliphatic carbocycles. The zero-order valence-electron chi connectivity index (χ0n) is 15.0. The van der Waals surface area contributed by atoms with Crippen molar-refractivity contribution < 1.29 is 36.4 Å². The first-order valence-electron chi connectivity index (χ1n) is 8.31. The van der Waals surface area contributed by atoms with Gasteiger partial charge in [0, 0.05) is 10.9 Å². The predicted molar refractivity (Wildman–Crippen MR) is 95.8 cm³/mol. The third kappa shape index (κ3) is 3.69. The number of carbonyl (C=O) groups is 1. The molecule has 5 nitrogen and oxygen atoms in total. The molecule has 6 heteroatoms. The number of fused-ring (bicyclic) bond motifs is 1. The lowest BCUT2D eigenvalue weighted by atomic mass is 10.0. The number of phenols is 1. The highest BCUT2D eigenvalue weighted by atomic mass is 35.5. The fourth-order valence-electron chi connectivity index (χ4n) is 2.97. The number of carbonyl (C=O) groups excluding carboxylic acids is 1. The molecule has 0 amide bonds. The Bertz CT molecular complexity index is 903. The first-order chi connectivity index (χ1) is 12.0. The highest BCUT2D eigenvalue weighted by Crippen LogP contribution is 2.38. The van der Waals surface area contributed by atoms with Crippen molar-refractivity contribution in [3.63, 3.8) is 0 Å². The van der Waals surface area contributed by atoms with Crippen LogP contribution in [0.25, 0.3) is 22.3 Å². The van der Waals surface area contributed by atoms with E-state index in [1.807, 2.05) is 44.4 Å². The van der Waals surface area contributed by atoms with Crippen LogP contribution in [0.5, 0.6) is 5.75 Å². The topological polar surface area (TPSA) is 64.1 Å². The minimum absolute atomic E-state index is 0. The van der Waals surface area contributed by atoms with Crippen LogP contribution >= 0.6 is 0 Å². The highest BCUT2D eigenvalue weighted by Gasteiger charge is 2.27. The quantitative estimate of drug-likeness (QED) is 0.597. The van der Waals surface area contributed by atoms with Crippen molar-refractivity contribution >= 4 is 16.9 Å². The molecule has 0 spiro atoms. The summed E-state index contributed by atoms with van der Waals surface area (Å²) in [6.07, 6.45) is 0. The predicted octanol–water partition coefficient (Wildman–Crippen LogP) is -0.369.